The number of carbonyl (C=O) groups is 1. The lowest BCUT2D eigenvalue weighted by atomic mass is 10.0. The molecule has 2 aromatic rings. The molecule has 0 radical (unpaired) electrons. The minimum atomic E-state index is 0.0666. The third-order valence-corrected chi connectivity index (χ3v) is 3.63. The summed E-state index contributed by atoms with van der Waals surface area (Å²) in [6.07, 6.45) is 0.759. The highest BCUT2D eigenvalue weighted by molar-refractivity contribution is 5.95. The van der Waals surface area contributed by atoms with Crippen LogP contribution in [0, 0.1) is 6.92 Å². The van der Waals surface area contributed by atoms with Gasteiger partial charge in [0.25, 0.3) is 5.91 Å². The Bertz CT molecular complexity index is 632. The number of nitrogens with two attached hydrogens (primary N) is 1. The normalized spacial score (nSPS) is 14.3. The summed E-state index contributed by atoms with van der Waals surface area (Å²) in [7, 11) is 0. The number of rotatable bonds is 1. The van der Waals surface area contributed by atoms with Gasteiger partial charge in [0.15, 0.2) is 0 Å². The maximum atomic E-state index is 12.5. The molecule has 2 heterocycles. The molecule has 0 fully saturated rings. The standard InChI is InChI=1S/C14H16N4O/c1-9-4-2-3-5-10(9)14(19)18-7-6-11-12(8-18)16-17-13(11)15/h2-5H,6-8H2,1H3,(H3,15,16,17). The number of hydrogen-bond donors (Lipinski definition) is 2. The second-order valence-electron chi connectivity index (χ2n) is 4.86. The van der Waals surface area contributed by atoms with Crippen LogP contribution in [-0.4, -0.2) is 27.5 Å². The van der Waals surface area contributed by atoms with Crippen LogP contribution in [0.1, 0.15) is 27.2 Å². The smallest absolute Gasteiger partial charge is 0.254 e. The van der Waals surface area contributed by atoms with Crippen molar-refractivity contribution in [2.24, 2.45) is 0 Å². The van der Waals surface area contributed by atoms with Crippen LogP contribution >= 0.6 is 0 Å². The van der Waals surface area contributed by atoms with Gasteiger partial charge in [-0.3, -0.25) is 9.89 Å². The van der Waals surface area contributed by atoms with Crippen LogP contribution in [-0.2, 0) is 13.0 Å². The molecule has 3 N–H and O–H groups in total. The van der Waals surface area contributed by atoms with Gasteiger partial charge in [0.2, 0.25) is 0 Å². The number of aromatic nitrogens is 2. The van der Waals surface area contributed by atoms with Crippen molar-refractivity contribution in [1.82, 2.24) is 15.1 Å². The zero-order valence-corrected chi connectivity index (χ0v) is 10.8. The molecule has 0 atom stereocenters. The number of fused-ring (bicyclic) bond motifs is 1. The molecule has 5 nitrogen and oxygen atoms in total. The molecule has 0 aliphatic carbocycles. The average Bonchev–Trinajstić information content (AvgIpc) is 2.80. The van der Waals surface area contributed by atoms with E-state index in [4.69, 9.17) is 5.73 Å². The Morgan fingerprint density at radius 3 is 3.00 bits per heavy atom. The Labute approximate surface area is 111 Å². The molecule has 0 unspecified atom stereocenters. The van der Waals surface area contributed by atoms with E-state index in [0.717, 1.165) is 28.8 Å². The predicted molar refractivity (Wildman–Crippen MR) is 72.6 cm³/mol. The molecule has 1 amide bonds. The first kappa shape index (κ1) is 11.8. The second kappa shape index (κ2) is 4.42. The summed E-state index contributed by atoms with van der Waals surface area (Å²) in [5.74, 6) is 0.620. The monoisotopic (exact) mass is 256 g/mol. The van der Waals surface area contributed by atoms with E-state index in [1.54, 1.807) is 0 Å². The van der Waals surface area contributed by atoms with E-state index in [9.17, 15) is 4.79 Å². The fourth-order valence-corrected chi connectivity index (χ4v) is 2.50. The minimum Gasteiger partial charge on any atom is -0.382 e. The third-order valence-electron chi connectivity index (χ3n) is 3.63. The van der Waals surface area contributed by atoms with Crippen molar-refractivity contribution >= 4 is 11.7 Å². The molecule has 1 aliphatic rings. The van der Waals surface area contributed by atoms with Gasteiger partial charge in [-0.15, -0.1) is 0 Å². The van der Waals surface area contributed by atoms with E-state index in [1.165, 1.54) is 0 Å². The number of nitrogen functional groups attached to an aromatic ring is 1. The zero-order chi connectivity index (χ0) is 13.4. The van der Waals surface area contributed by atoms with E-state index < -0.39 is 0 Å². The second-order valence-corrected chi connectivity index (χ2v) is 4.86. The van der Waals surface area contributed by atoms with E-state index >= 15 is 0 Å². The predicted octanol–water partition coefficient (Wildman–Crippen LogP) is 1.50. The van der Waals surface area contributed by atoms with Gasteiger partial charge in [0.05, 0.1) is 12.2 Å². The number of aromatic amines is 1. The van der Waals surface area contributed by atoms with Crippen molar-refractivity contribution in [3.8, 4) is 0 Å². The first-order chi connectivity index (χ1) is 9.16. The largest absolute Gasteiger partial charge is 0.382 e. The van der Waals surface area contributed by atoms with Gasteiger partial charge in [-0.25, -0.2) is 0 Å². The van der Waals surface area contributed by atoms with Crippen LogP contribution in [0.3, 0.4) is 0 Å². The molecule has 0 saturated heterocycles. The Morgan fingerprint density at radius 2 is 2.21 bits per heavy atom. The number of nitrogens with zero attached hydrogens (tertiary/aromatic N) is 2. The number of hydrogen-bond acceptors (Lipinski definition) is 3. The highest BCUT2D eigenvalue weighted by Gasteiger charge is 2.25. The molecule has 19 heavy (non-hydrogen) atoms. The Kier molecular flexibility index (Phi) is 2.74. The number of carbonyl (C=O) groups excluding carboxylic acids is 1. The molecule has 5 heteroatoms. The summed E-state index contributed by atoms with van der Waals surface area (Å²) >= 11 is 0. The highest BCUT2D eigenvalue weighted by atomic mass is 16.2. The lowest BCUT2D eigenvalue weighted by Gasteiger charge is -2.27. The fraction of sp³-hybridized carbons (Fsp3) is 0.286. The van der Waals surface area contributed by atoms with Crippen molar-refractivity contribution in [3.63, 3.8) is 0 Å². The van der Waals surface area contributed by atoms with Gasteiger partial charge >= 0.3 is 0 Å². The van der Waals surface area contributed by atoms with Crippen LogP contribution in [0.4, 0.5) is 5.82 Å². The van der Waals surface area contributed by atoms with Crippen molar-refractivity contribution in [2.45, 2.75) is 19.9 Å². The molecule has 0 bridgehead atoms. The van der Waals surface area contributed by atoms with E-state index in [2.05, 4.69) is 10.2 Å². The summed E-state index contributed by atoms with van der Waals surface area (Å²) in [6.45, 7) is 3.19. The Hall–Kier alpha value is -2.30. The number of anilines is 1. The van der Waals surface area contributed by atoms with Crippen LogP contribution < -0.4 is 5.73 Å². The summed E-state index contributed by atoms with van der Waals surface area (Å²) in [5, 5.41) is 6.91. The topological polar surface area (TPSA) is 75.0 Å². The lowest BCUT2D eigenvalue weighted by molar-refractivity contribution is 0.0732. The van der Waals surface area contributed by atoms with Crippen molar-refractivity contribution in [2.75, 3.05) is 12.3 Å². The Morgan fingerprint density at radius 1 is 1.42 bits per heavy atom. The molecule has 98 valence electrons. The number of aryl methyl sites for hydroxylation is 1. The number of benzene rings is 1. The number of nitrogens with one attached hydrogen (secondary N) is 1. The molecule has 1 aromatic heterocycles. The summed E-state index contributed by atoms with van der Waals surface area (Å²) < 4.78 is 0. The molecule has 1 aromatic carbocycles. The molecule has 0 saturated carbocycles. The lowest BCUT2D eigenvalue weighted by Crippen LogP contribution is -2.36. The number of amides is 1. The van der Waals surface area contributed by atoms with Crippen LogP contribution in [0.2, 0.25) is 0 Å². The van der Waals surface area contributed by atoms with Crippen molar-refractivity contribution in [3.05, 3.63) is 46.6 Å². The maximum absolute atomic E-state index is 12.5. The summed E-state index contributed by atoms with van der Waals surface area (Å²) in [4.78, 5) is 14.3. The quantitative estimate of drug-likeness (QED) is 0.812. The average molecular weight is 256 g/mol. The summed E-state index contributed by atoms with van der Waals surface area (Å²) in [5.41, 5.74) is 9.54. The minimum absolute atomic E-state index is 0.0666. The fourth-order valence-electron chi connectivity index (χ4n) is 2.50. The van der Waals surface area contributed by atoms with Crippen LogP contribution in [0.5, 0.6) is 0 Å². The van der Waals surface area contributed by atoms with Gasteiger partial charge in [0.1, 0.15) is 5.82 Å². The highest BCUT2D eigenvalue weighted by Crippen LogP contribution is 2.23. The first-order valence-corrected chi connectivity index (χ1v) is 6.33. The first-order valence-electron chi connectivity index (χ1n) is 6.33. The molecule has 1 aliphatic heterocycles. The van der Waals surface area contributed by atoms with E-state index in [1.807, 2.05) is 36.1 Å². The molecular formula is C14H16N4O. The molecule has 3 rings (SSSR count). The van der Waals surface area contributed by atoms with Crippen molar-refractivity contribution in [1.29, 1.82) is 0 Å². The Balaban J connectivity index is 1.86. The van der Waals surface area contributed by atoms with Crippen LogP contribution in [0.15, 0.2) is 24.3 Å². The third kappa shape index (κ3) is 1.97. The van der Waals surface area contributed by atoms with Gasteiger partial charge < -0.3 is 10.6 Å². The van der Waals surface area contributed by atoms with E-state index in [0.29, 0.717) is 18.9 Å². The van der Waals surface area contributed by atoms with Crippen molar-refractivity contribution < 1.29 is 4.79 Å². The summed E-state index contributed by atoms with van der Waals surface area (Å²) in [6, 6.07) is 7.66. The van der Waals surface area contributed by atoms with E-state index in [-0.39, 0.29) is 5.91 Å². The van der Waals surface area contributed by atoms with Gasteiger partial charge in [-0.2, -0.15) is 5.10 Å². The molecule has 0 spiro atoms. The van der Waals surface area contributed by atoms with Gasteiger partial charge in [-0.1, -0.05) is 18.2 Å². The van der Waals surface area contributed by atoms with Gasteiger partial charge in [0, 0.05) is 17.7 Å². The molecular weight excluding hydrogens is 240 g/mol. The number of H-pyrrole nitrogens is 1. The zero-order valence-electron chi connectivity index (χ0n) is 10.8. The van der Waals surface area contributed by atoms with Gasteiger partial charge in [-0.05, 0) is 25.0 Å². The maximum Gasteiger partial charge on any atom is 0.254 e. The van der Waals surface area contributed by atoms with Crippen LogP contribution in [0.25, 0.3) is 0 Å². The SMILES string of the molecule is Cc1ccccc1C(=O)N1CCc2c(N)n[nH]c2C1.